The Morgan fingerprint density at radius 1 is 0.708 bits per heavy atom. The van der Waals surface area contributed by atoms with Crippen molar-refractivity contribution in [3.63, 3.8) is 0 Å². The van der Waals surface area contributed by atoms with E-state index in [2.05, 4.69) is 6.92 Å². The number of nitrogens with two attached hydrogens (primary N) is 1. The van der Waals surface area contributed by atoms with Crippen LogP contribution in [0.4, 0.5) is 0 Å². The van der Waals surface area contributed by atoms with E-state index in [9.17, 15) is 4.79 Å². The van der Waals surface area contributed by atoms with Gasteiger partial charge in [-0.1, -0.05) is 110 Å². The van der Waals surface area contributed by atoms with Crippen LogP contribution in [-0.4, -0.2) is 17.1 Å². The Kier molecular flexibility index (Phi) is 22.5. The minimum atomic E-state index is -0.869. The summed E-state index contributed by atoms with van der Waals surface area (Å²) in [5, 5.41) is 8.68. The maximum Gasteiger partial charge on any atom is 0.320 e. The predicted molar refractivity (Wildman–Crippen MR) is 107 cm³/mol. The molecule has 3 nitrogen and oxygen atoms in total. The molecule has 0 aromatic heterocycles. The molecule has 3 N–H and O–H groups in total. The van der Waals surface area contributed by atoms with Crippen LogP contribution in [-0.2, 0) is 4.79 Å². The molecule has 0 aliphatic carbocycles. The minimum Gasteiger partial charge on any atom is -0.480 e. The summed E-state index contributed by atoms with van der Waals surface area (Å²) in [6, 6.07) is -0.665. The summed E-state index contributed by atoms with van der Waals surface area (Å²) < 4.78 is 0. The molecule has 24 heavy (non-hydrogen) atoms. The van der Waals surface area contributed by atoms with Crippen LogP contribution in [0.1, 0.15) is 116 Å². The van der Waals surface area contributed by atoms with Crippen LogP contribution in [0.5, 0.6) is 0 Å². The molecule has 1 unspecified atom stereocenters. The highest BCUT2D eigenvalue weighted by Crippen LogP contribution is 2.14. The summed E-state index contributed by atoms with van der Waals surface area (Å²) in [5.74, 6) is -0.869. The maximum atomic E-state index is 10.6. The second kappa shape index (κ2) is 20.8. The van der Waals surface area contributed by atoms with Crippen molar-refractivity contribution in [1.82, 2.24) is 0 Å². The van der Waals surface area contributed by atoms with Crippen LogP contribution < -0.4 is 5.73 Å². The molecule has 0 rings (SSSR count). The molecule has 1 atom stereocenters. The van der Waals surface area contributed by atoms with Gasteiger partial charge >= 0.3 is 5.97 Å². The van der Waals surface area contributed by atoms with Gasteiger partial charge in [0.1, 0.15) is 6.04 Å². The second-order valence-corrected chi connectivity index (χ2v) is 7.04. The first kappa shape index (κ1) is 26.0. The van der Waals surface area contributed by atoms with Crippen LogP contribution in [0.15, 0.2) is 0 Å². The molecular formula is C20H42ClNO2. The summed E-state index contributed by atoms with van der Waals surface area (Å²) in [4.78, 5) is 10.6. The van der Waals surface area contributed by atoms with E-state index in [1.165, 1.54) is 89.9 Å². The monoisotopic (exact) mass is 363 g/mol. The molecule has 146 valence electrons. The maximum absolute atomic E-state index is 10.6. The zero-order chi connectivity index (χ0) is 17.2. The molecule has 0 fully saturated rings. The molecule has 0 spiro atoms. The lowest BCUT2D eigenvalue weighted by molar-refractivity contribution is -0.138. The van der Waals surface area contributed by atoms with Gasteiger partial charge in [0.15, 0.2) is 0 Å². The van der Waals surface area contributed by atoms with Crippen molar-refractivity contribution in [3.05, 3.63) is 0 Å². The van der Waals surface area contributed by atoms with Gasteiger partial charge in [0.2, 0.25) is 0 Å². The molecule has 0 amide bonds. The van der Waals surface area contributed by atoms with Gasteiger partial charge in [-0.25, -0.2) is 0 Å². The Balaban J connectivity index is 0. The third kappa shape index (κ3) is 19.8. The van der Waals surface area contributed by atoms with Gasteiger partial charge in [-0.3, -0.25) is 4.79 Å². The van der Waals surface area contributed by atoms with Crippen LogP contribution in [0.2, 0.25) is 0 Å². The summed E-state index contributed by atoms with van der Waals surface area (Å²) in [6.07, 6.45) is 22.0. The normalized spacial score (nSPS) is 11.9. The van der Waals surface area contributed by atoms with Crippen LogP contribution in [0.25, 0.3) is 0 Å². The van der Waals surface area contributed by atoms with E-state index in [-0.39, 0.29) is 12.4 Å². The average Bonchev–Trinajstić information content (AvgIpc) is 2.54. The summed E-state index contributed by atoms with van der Waals surface area (Å²) >= 11 is 0. The van der Waals surface area contributed by atoms with E-state index < -0.39 is 12.0 Å². The van der Waals surface area contributed by atoms with Crippen molar-refractivity contribution in [2.45, 2.75) is 122 Å². The number of unbranched alkanes of at least 4 members (excludes halogenated alkanes) is 15. The van der Waals surface area contributed by atoms with Crippen molar-refractivity contribution in [1.29, 1.82) is 0 Å². The van der Waals surface area contributed by atoms with Gasteiger partial charge in [-0.2, -0.15) is 0 Å². The highest BCUT2D eigenvalue weighted by molar-refractivity contribution is 5.85. The number of carboxylic acids is 1. The van der Waals surface area contributed by atoms with Gasteiger partial charge < -0.3 is 10.8 Å². The molecule has 0 saturated carbocycles. The smallest absolute Gasteiger partial charge is 0.320 e. The molecule has 0 aliphatic rings. The average molecular weight is 364 g/mol. The van der Waals surface area contributed by atoms with E-state index in [1.54, 1.807) is 0 Å². The first-order valence-corrected chi connectivity index (χ1v) is 10.2. The molecule has 4 heteroatoms. The van der Waals surface area contributed by atoms with Gasteiger partial charge in [0.05, 0.1) is 0 Å². The lowest BCUT2D eigenvalue weighted by Crippen LogP contribution is -2.29. The number of rotatable bonds is 18. The molecule has 0 heterocycles. The summed E-state index contributed by atoms with van der Waals surface area (Å²) in [5.41, 5.74) is 5.48. The Morgan fingerprint density at radius 2 is 1.00 bits per heavy atom. The van der Waals surface area contributed by atoms with Crippen LogP contribution >= 0.6 is 12.4 Å². The number of halogens is 1. The number of carboxylic acid groups (broad SMARTS) is 1. The van der Waals surface area contributed by atoms with Crippen molar-refractivity contribution in [2.24, 2.45) is 5.73 Å². The Bertz CT molecular complexity index is 262. The van der Waals surface area contributed by atoms with E-state index in [4.69, 9.17) is 10.8 Å². The number of carbonyl (C=O) groups is 1. The molecule has 0 bridgehead atoms. The Hall–Kier alpha value is -0.280. The van der Waals surface area contributed by atoms with Crippen molar-refractivity contribution >= 4 is 18.4 Å². The highest BCUT2D eigenvalue weighted by Gasteiger charge is 2.09. The molecule has 0 aromatic carbocycles. The Morgan fingerprint density at radius 3 is 1.29 bits per heavy atom. The van der Waals surface area contributed by atoms with Gasteiger partial charge in [-0.15, -0.1) is 12.4 Å². The van der Waals surface area contributed by atoms with Crippen molar-refractivity contribution in [3.8, 4) is 0 Å². The van der Waals surface area contributed by atoms with Crippen molar-refractivity contribution < 1.29 is 9.90 Å². The van der Waals surface area contributed by atoms with Gasteiger partial charge in [-0.05, 0) is 6.42 Å². The fraction of sp³-hybridized carbons (Fsp3) is 0.950. The SMILES string of the molecule is CCCCCCCCCCCCCCCCCCC(N)C(=O)O.Cl. The van der Waals surface area contributed by atoms with E-state index in [1.807, 2.05) is 0 Å². The van der Waals surface area contributed by atoms with Gasteiger partial charge in [0, 0.05) is 0 Å². The molecular weight excluding hydrogens is 322 g/mol. The lowest BCUT2D eigenvalue weighted by atomic mass is 10.0. The van der Waals surface area contributed by atoms with Crippen LogP contribution in [0.3, 0.4) is 0 Å². The number of hydrogen-bond donors (Lipinski definition) is 2. The molecule has 0 aromatic rings. The topological polar surface area (TPSA) is 63.3 Å². The largest absolute Gasteiger partial charge is 0.480 e. The fourth-order valence-electron chi connectivity index (χ4n) is 3.04. The quantitative estimate of drug-likeness (QED) is 0.274. The molecule has 0 saturated heterocycles. The number of hydrogen-bond acceptors (Lipinski definition) is 2. The van der Waals surface area contributed by atoms with Crippen LogP contribution in [0, 0.1) is 0 Å². The van der Waals surface area contributed by atoms with E-state index >= 15 is 0 Å². The van der Waals surface area contributed by atoms with E-state index in [0.717, 1.165) is 12.8 Å². The first-order chi connectivity index (χ1) is 11.2. The van der Waals surface area contributed by atoms with E-state index in [0.29, 0.717) is 6.42 Å². The zero-order valence-electron chi connectivity index (χ0n) is 15.9. The standard InChI is InChI=1S/C20H41NO2.ClH/c1-2-3-4-5-6-7-8-9-10-11-12-13-14-15-16-17-18-19(21)20(22)23;/h19H,2-18,21H2,1H3,(H,22,23);1H. The fourth-order valence-corrected chi connectivity index (χ4v) is 3.04. The highest BCUT2D eigenvalue weighted by atomic mass is 35.5. The third-order valence-corrected chi connectivity index (χ3v) is 4.69. The lowest BCUT2D eigenvalue weighted by Gasteiger charge is -2.06. The zero-order valence-corrected chi connectivity index (χ0v) is 16.8. The van der Waals surface area contributed by atoms with Crippen molar-refractivity contribution in [2.75, 3.05) is 0 Å². The van der Waals surface area contributed by atoms with Gasteiger partial charge in [0.25, 0.3) is 0 Å². The summed E-state index contributed by atoms with van der Waals surface area (Å²) in [6.45, 7) is 2.27. The summed E-state index contributed by atoms with van der Waals surface area (Å²) in [7, 11) is 0. The second-order valence-electron chi connectivity index (χ2n) is 7.04. The Labute approximate surface area is 156 Å². The molecule has 0 aliphatic heterocycles. The first-order valence-electron chi connectivity index (χ1n) is 10.2. The third-order valence-electron chi connectivity index (χ3n) is 4.69. The molecule has 0 radical (unpaired) electrons. The number of aliphatic carboxylic acids is 1. The minimum absolute atomic E-state index is 0. The predicted octanol–water partition coefficient (Wildman–Crippen LogP) is 6.47.